The van der Waals surface area contributed by atoms with E-state index < -0.39 is 10.0 Å². The van der Waals surface area contributed by atoms with Gasteiger partial charge in [-0.2, -0.15) is 0 Å². The van der Waals surface area contributed by atoms with Crippen molar-refractivity contribution in [3.63, 3.8) is 0 Å². The Morgan fingerprint density at radius 2 is 1.90 bits per heavy atom. The van der Waals surface area contributed by atoms with E-state index in [1.165, 1.54) is 6.42 Å². The molecule has 2 heterocycles. The third-order valence-electron chi connectivity index (χ3n) is 4.46. The lowest BCUT2D eigenvalue weighted by Crippen LogP contribution is -2.40. The van der Waals surface area contributed by atoms with Crippen molar-refractivity contribution in [1.82, 2.24) is 9.21 Å². The molecule has 0 aromatic heterocycles. The average molecular weight is 329 g/mol. The first-order valence-corrected chi connectivity index (χ1v) is 9.50. The van der Waals surface area contributed by atoms with Crippen LogP contribution in [0.2, 0.25) is 5.02 Å². The minimum atomic E-state index is -3.30. The highest BCUT2D eigenvalue weighted by Gasteiger charge is 2.33. The van der Waals surface area contributed by atoms with Gasteiger partial charge in [0.15, 0.2) is 0 Å². The van der Waals surface area contributed by atoms with Crippen LogP contribution in [-0.2, 0) is 15.8 Å². The molecule has 4 nitrogen and oxygen atoms in total. The molecule has 0 spiro atoms. The second kappa shape index (κ2) is 6.24. The number of hydrogen-bond acceptors (Lipinski definition) is 3. The molecule has 0 unspecified atom stereocenters. The van der Waals surface area contributed by atoms with Gasteiger partial charge >= 0.3 is 0 Å². The maximum atomic E-state index is 12.7. The van der Waals surface area contributed by atoms with Crippen molar-refractivity contribution in [2.24, 2.45) is 0 Å². The second-order valence-electron chi connectivity index (χ2n) is 5.89. The van der Waals surface area contributed by atoms with Gasteiger partial charge in [0.2, 0.25) is 10.0 Å². The molecule has 2 aliphatic rings. The number of nitrogens with zero attached hydrogens (tertiary/aromatic N) is 2. The highest BCUT2D eigenvalue weighted by molar-refractivity contribution is 7.88. The summed E-state index contributed by atoms with van der Waals surface area (Å²) in [7, 11) is -3.30. The van der Waals surface area contributed by atoms with E-state index in [9.17, 15) is 8.42 Å². The van der Waals surface area contributed by atoms with E-state index in [1.807, 2.05) is 12.1 Å². The molecule has 2 saturated heterocycles. The molecule has 1 aromatic carbocycles. The van der Waals surface area contributed by atoms with Gasteiger partial charge in [0.25, 0.3) is 0 Å². The molecule has 0 amide bonds. The summed E-state index contributed by atoms with van der Waals surface area (Å²) in [6, 6.07) is 7.58. The van der Waals surface area contributed by atoms with Crippen LogP contribution >= 0.6 is 11.6 Å². The van der Waals surface area contributed by atoms with Gasteiger partial charge in [-0.15, -0.1) is 0 Å². The lowest BCUT2D eigenvalue weighted by molar-refractivity contribution is 0.257. The zero-order chi connectivity index (χ0) is 14.9. The zero-order valence-electron chi connectivity index (χ0n) is 12.0. The highest BCUT2D eigenvalue weighted by atomic mass is 35.5. The van der Waals surface area contributed by atoms with Crippen LogP contribution in [0.5, 0.6) is 0 Å². The van der Waals surface area contributed by atoms with Crippen LogP contribution in [0.4, 0.5) is 0 Å². The number of sulfonamides is 1. The number of halogens is 1. The Kier molecular flexibility index (Phi) is 4.54. The Labute approximate surface area is 131 Å². The monoisotopic (exact) mass is 328 g/mol. The first-order chi connectivity index (χ1) is 10.1. The van der Waals surface area contributed by atoms with Gasteiger partial charge in [-0.3, -0.25) is 4.90 Å². The lowest BCUT2D eigenvalue weighted by atomic mass is 10.2. The SMILES string of the molecule is O=S(=O)(Cc1ccccc1Cl)N1CCCN2CCC[C@@H]2C1. The van der Waals surface area contributed by atoms with Gasteiger partial charge in [-0.1, -0.05) is 29.8 Å². The van der Waals surface area contributed by atoms with Crippen LogP contribution in [0, 0.1) is 0 Å². The summed E-state index contributed by atoms with van der Waals surface area (Å²) >= 11 is 6.10. The molecule has 0 radical (unpaired) electrons. The Hall–Kier alpha value is -0.620. The summed E-state index contributed by atoms with van der Waals surface area (Å²) in [5.41, 5.74) is 0.687. The van der Waals surface area contributed by atoms with Gasteiger partial charge in [0.05, 0.1) is 5.75 Å². The summed E-state index contributed by atoms with van der Waals surface area (Å²) in [6.45, 7) is 3.39. The van der Waals surface area contributed by atoms with E-state index in [4.69, 9.17) is 11.6 Å². The van der Waals surface area contributed by atoms with E-state index in [-0.39, 0.29) is 5.75 Å². The molecule has 3 rings (SSSR count). The largest absolute Gasteiger partial charge is 0.299 e. The molecule has 116 valence electrons. The van der Waals surface area contributed by atoms with Crippen LogP contribution in [0.1, 0.15) is 24.8 Å². The first-order valence-electron chi connectivity index (χ1n) is 7.51. The molecule has 0 N–H and O–H groups in total. The van der Waals surface area contributed by atoms with Crippen LogP contribution in [0.25, 0.3) is 0 Å². The van der Waals surface area contributed by atoms with E-state index in [1.54, 1.807) is 16.4 Å². The standard InChI is InChI=1S/C15H21ClN2O2S/c16-15-7-2-1-5-13(15)12-21(19,20)18-10-4-9-17-8-3-6-14(17)11-18/h1-2,5,7,14H,3-4,6,8-12H2/t14-/m1/s1. The fourth-order valence-electron chi connectivity index (χ4n) is 3.33. The van der Waals surface area contributed by atoms with Crippen LogP contribution in [0.15, 0.2) is 24.3 Å². The van der Waals surface area contributed by atoms with Crippen molar-refractivity contribution < 1.29 is 8.42 Å². The second-order valence-corrected chi connectivity index (χ2v) is 8.27. The van der Waals surface area contributed by atoms with Gasteiger partial charge in [0, 0.05) is 24.2 Å². The summed E-state index contributed by atoms with van der Waals surface area (Å²) in [6.07, 6.45) is 3.21. The molecule has 21 heavy (non-hydrogen) atoms. The van der Waals surface area contributed by atoms with Crippen LogP contribution in [0.3, 0.4) is 0 Å². The smallest absolute Gasteiger partial charge is 0.218 e. The molecule has 1 aromatic rings. The van der Waals surface area contributed by atoms with Gasteiger partial charge in [0.1, 0.15) is 0 Å². The fraction of sp³-hybridized carbons (Fsp3) is 0.600. The third-order valence-corrected chi connectivity index (χ3v) is 6.62. The van der Waals surface area contributed by atoms with E-state index in [0.29, 0.717) is 29.7 Å². The van der Waals surface area contributed by atoms with Crippen molar-refractivity contribution in [3.05, 3.63) is 34.9 Å². The van der Waals surface area contributed by atoms with Crippen molar-refractivity contribution in [3.8, 4) is 0 Å². The molecule has 0 bridgehead atoms. The topological polar surface area (TPSA) is 40.6 Å². The Morgan fingerprint density at radius 3 is 2.71 bits per heavy atom. The first kappa shape index (κ1) is 15.3. The van der Waals surface area contributed by atoms with Crippen molar-refractivity contribution >= 4 is 21.6 Å². The van der Waals surface area contributed by atoms with Crippen molar-refractivity contribution in [2.75, 3.05) is 26.2 Å². The Morgan fingerprint density at radius 1 is 1.14 bits per heavy atom. The molecule has 2 aliphatic heterocycles. The molecule has 2 fully saturated rings. The number of fused-ring (bicyclic) bond motifs is 1. The third kappa shape index (κ3) is 3.42. The van der Waals surface area contributed by atoms with Gasteiger partial charge in [-0.25, -0.2) is 12.7 Å². The van der Waals surface area contributed by atoms with Crippen LogP contribution in [-0.4, -0.2) is 49.8 Å². The highest BCUT2D eigenvalue weighted by Crippen LogP contribution is 2.25. The predicted octanol–water partition coefficient (Wildman–Crippen LogP) is 2.34. The summed E-state index contributed by atoms with van der Waals surface area (Å²) in [4.78, 5) is 2.44. The van der Waals surface area contributed by atoms with E-state index >= 15 is 0 Å². The predicted molar refractivity (Wildman–Crippen MR) is 84.9 cm³/mol. The quantitative estimate of drug-likeness (QED) is 0.855. The van der Waals surface area contributed by atoms with Crippen LogP contribution < -0.4 is 0 Å². The molecular formula is C15H21ClN2O2S. The lowest BCUT2D eigenvalue weighted by Gasteiger charge is -2.25. The molecule has 0 saturated carbocycles. The minimum absolute atomic E-state index is 0.000602. The number of benzene rings is 1. The molecule has 1 atom stereocenters. The van der Waals surface area contributed by atoms with Crippen molar-refractivity contribution in [2.45, 2.75) is 31.1 Å². The molecule has 0 aliphatic carbocycles. The fourth-order valence-corrected chi connectivity index (χ4v) is 5.24. The number of hydrogen-bond donors (Lipinski definition) is 0. The van der Waals surface area contributed by atoms with E-state index in [0.717, 1.165) is 25.9 Å². The van der Waals surface area contributed by atoms with Gasteiger partial charge in [-0.05, 0) is 44.0 Å². The van der Waals surface area contributed by atoms with E-state index in [2.05, 4.69) is 4.90 Å². The molecular weight excluding hydrogens is 308 g/mol. The van der Waals surface area contributed by atoms with Crippen molar-refractivity contribution in [1.29, 1.82) is 0 Å². The normalized spacial score (nSPS) is 24.7. The Balaban J connectivity index is 1.76. The summed E-state index contributed by atoms with van der Waals surface area (Å²) in [5.74, 6) is -0.000602. The zero-order valence-corrected chi connectivity index (χ0v) is 13.6. The maximum absolute atomic E-state index is 12.7. The number of rotatable bonds is 3. The summed E-state index contributed by atoms with van der Waals surface area (Å²) < 4.78 is 27.1. The maximum Gasteiger partial charge on any atom is 0.218 e. The average Bonchev–Trinajstić information content (AvgIpc) is 2.78. The summed E-state index contributed by atoms with van der Waals surface area (Å²) in [5, 5.41) is 0.526. The van der Waals surface area contributed by atoms with Gasteiger partial charge < -0.3 is 0 Å². The Bertz CT molecular complexity index is 605. The molecule has 6 heteroatoms. The minimum Gasteiger partial charge on any atom is -0.299 e.